The fourth-order valence-corrected chi connectivity index (χ4v) is 3.55. The molecule has 1 N–H and O–H groups in total. The molecule has 1 aliphatic heterocycles. The Morgan fingerprint density at radius 1 is 1.04 bits per heavy atom. The number of Topliss-reactive ketones (excluding diaryl/α,β-unsaturated/α-hetero) is 1. The molecule has 2 aromatic rings. The number of benzene rings is 2. The van der Waals surface area contributed by atoms with Gasteiger partial charge in [0.25, 0.3) is 0 Å². The molecular weight excluding hydrogens is 346 g/mol. The fraction of sp³-hybridized carbons (Fsp3) is 0.409. The highest BCUT2D eigenvalue weighted by Crippen LogP contribution is 2.22. The molecule has 1 heterocycles. The number of hydrogen-bond acceptors (Lipinski definition) is 2. The van der Waals surface area contributed by atoms with Gasteiger partial charge in [-0.25, -0.2) is 0 Å². The lowest BCUT2D eigenvalue weighted by Gasteiger charge is -2.21. The Morgan fingerprint density at radius 3 is 2.31 bits per heavy atom. The first kappa shape index (κ1) is 20.5. The molecular formula is C22H28ClNO2. The minimum atomic E-state index is -0.0725. The third kappa shape index (κ3) is 5.33. The van der Waals surface area contributed by atoms with Gasteiger partial charge in [-0.3, -0.25) is 4.79 Å². The lowest BCUT2D eigenvalue weighted by molar-refractivity contribution is -0.887. The molecule has 26 heavy (non-hydrogen) atoms. The van der Waals surface area contributed by atoms with E-state index in [2.05, 4.69) is 19.1 Å². The Labute approximate surface area is 162 Å². The van der Waals surface area contributed by atoms with Gasteiger partial charge in [-0.2, -0.15) is 0 Å². The molecule has 0 amide bonds. The Bertz CT molecular complexity index is 666. The molecule has 4 heteroatoms. The standard InChI is InChI=1S/C22H27NO2.ClH/c1-2-16-25-20-12-10-19(11-13-20)22(24)21(17-23-14-6-7-15-23)18-8-4-3-5-9-18;/h3-5,8-13,21H,2,6-7,14-17H2,1H3;1H. The predicted molar refractivity (Wildman–Crippen MR) is 101 cm³/mol. The Balaban J connectivity index is 0.00000243. The van der Waals surface area contributed by atoms with Crippen LogP contribution in [0.5, 0.6) is 5.75 Å². The SMILES string of the molecule is CCCOc1ccc(C(=O)C(C[NH+]2CCCC2)c2ccccc2)cc1.[Cl-]. The summed E-state index contributed by atoms with van der Waals surface area (Å²) in [6.45, 7) is 6.04. The van der Waals surface area contributed by atoms with Crippen molar-refractivity contribution >= 4 is 5.78 Å². The van der Waals surface area contributed by atoms with Gasteiger partial charge in [0, 0.05) is 18.4 Å². The van der Waals surface area contributed by atoms with E-state index in [4.69, 9.17) is 4.74 Å². The molecule has 2 aromatic carbocycles. The third-order valence-electron chi connectivity index (χ3n) is 4.93. The molecule has 0 bridgehead atoms. The lowest BCUT2D eigenvalue weighted by Crippen LogP contribution is -3.10. The number of quaternary nitrogens is 1. The number of carbonyl (C=O) groups is 1. The molecule has 1 aliphatic rings. The van der Waals surface area contributed by atoms with Crippen LogP contribution in [0.25, 0.3) is 0 Å². The maximum absolute atomic E-state index is 13.2. The molecule has 1 atom stereocenters. The highest BCUT2D eigenvalue weighted by atomic mass is 35.5. The number of nitrogens with one attached hydrogen (secondary N) is 1. The van der Waals surface area contributed by atoms with Gasteiger partial charge < -0.3 is 22.0 Å². The number of rotatable bonds is 8. The van der Waals surface area contributed by atoms with Crippen LogP contribution in [0.1, 0.15) is 48.0 Å². The number of hydrogen-bond donors (Lipinski definition) is 1. The largest absolute Gasteiger partial charge is 1.00 e. The van der Waals surface area contributed by atoms with Gasteiger partial charge in [0.05, 0.1) is 32.2 Å². The quantitative estimate of drug-likeness (QED) is 0.667. The summed E-state index contributed by atoms with van der Waals surface area (Å²) in [6.07, 6.45) is 3.53. The molecule has 0 saturated carbocycles. The summed E-state index contributed by atoms with van der Waals surface area (Å²) in [5.74, 6) is 0.976. The molecule has 3 nitrogen and oxygen atoms in total. The molecule has 140 valence electrons. The van der Waals surface area contributed by atoms with Crippen molar-refractivity contribution in [3.05, 3.63) is 65.7 Å². The topological polar surface area (TPSA) is 30.7 Å². The van der Waals surface area contributed by atoms with Crippen LogP contribution >= 0.6 is 0 Å². The van der Waals surface area contributed by atoms with Crippen molar-refractivity contribution in [1.82, 2.24) is 0 Å². The monoisotopic (exact) mass is 373 g/mol. The maximum Gasteiger partial charge on any atom is 0.175 e. The summed E-state index contributed by atoms with van der Waals surface area (Å²) >= 11 is 0. The third-order valence-corrected chi connectivity index (χ3v) is 4.93. The Kier molecular flexibility index (Phi) is 8.14. The van der Waals surface area contributed by atoms with Gasteiger partial charge >= 0.3 is 0 Å². The van der Waals surface area contributed by atoms with Crippen molar-refractivity contribution in [2.45, 2.75) is 32.1 Å². The summed E-state index contributed by atoms with van der Waals surface area (Å²) in [5, 5.41) is 0. The van der Waals surface area contributed by atoms with Crippen LogP contribution in [0.4, 0.5) is 0 Å². The summed E-state index contributed by atoms with van der Waals surface area (Å²) in [7, 11) is 0. The van der Waals surface area contributed by atoms with Crippen molar-refractivity contribution < 1.29 is 26.8 Å². The summed E-state index contributed by atoms with van der Waals surface area (Å²) in [4.78, 5) is 14.8. The van der Waals surface area contributed by atoms with Crippen LogP contribution in [0, 0.1) is 0 Å². The van der Waals surface area contributed by atoms with Crippen molar-refractivity contribution in [2.75, 3.05) is 26.2 Å². The van der Waals surface area contributed by atoms with Crippen LogP contribution in [0.3, 0.4) is 0 Å². The van der Waals surface area contributed by atoms with Gasteiger partial charge in [0.1, 0.15) is 5.75 Å². The average molecular weight is 374 g/mol. The van der Waals surface area contributed by atoms with Crippen LogP contribution in [-0.2, 0) is 0 Å². The molecule has 1 unspecified atom stereocenters. The van der Waals surface area contributed by atoms with E-state index in [0.717, 1.165) is 29.8 Å². The molecule has 0 aliphatic carbocycles. The maximum atomic E-state index is 13.2. The van der Waals surface area contributed by atoms with E-state index in [-0.39, 0.29) is 24.1 Å². The zero-order chi connectivity index (χ0) is 17.5. The Hall–Kier alpha value is -1.84. The number of carbonyl (C=O) groups excluding carboxylic acids is 1. The molecule has 1 saturated heterocycles. The van der Waals surface area contributed by atoms with Gasteiger partial charge in [-0.15, -0.1) is 0 Å². The first-order valence-corrected chi connectivity index (χ1v) is 9.43. The van der Waals surface area contributed by atoms with Crippen LogP contribution in [0.15, 0.2) is 54.6 Å². The molecule has 0 radical (unpaired) electrons. The molecule has 3 rings (SSSR count). The van der Waals surface area contributed by atoms with E-state index in [1.54, 1.807) is 4.90 Å². The number of likely N-dealkylation sites (tertiary alicyclic amines) is 1. The number of halogens is 1. The fourth-order valence-electron chi connectivity index (χ4n) is 3.55. The molecule has 0 aromatic heterocycles. The second-order valence-corrected chi connectivity index (χ2v) is 6.86. The first-order valence-electron chi connectivity index (χ1n) is 9.43. The highest BCUT2D eigenvalue weighted by Gasteiger charge is 2.28. The van der Waals surface area contributed by atoms with E-state index in [1.165, 1.54) is 25.9 Å². The van der Waals surface area contributed by atoms with Crippen molar-refractivity contribution in [1.29, 1.82) is 0 Å². The van der Waals surface area contributed by atoms with E-state index in [9.17, 15) is 4.79 Å². The minimum absolute atomic E-state index is 0. The summed E-state index contributed by atoms with van der Waals surface area (Å²) < 4.78 is 5.63. The highest BCUT2D eigenvalue weighted by molar-refractivity contribution is 6.01. The van der Waals surface area contributed by atoms with Crippen molar-refractivity contribution in [2.24, 2.45) is 0 Å². The number of ether oxygens (including phenoxy) is 1. The Morgan fingerprint density at radius 2 is 1.69 bits per heavy atom. The van der Waals surface area contributed by atoms with E-state index < -0.39 is 0 Å². The predicted octanol–water partition coefficient (Wildman–Crippen LogP) is 0.125. The smallest absolute Gasteiger partial charge is 0.175 e. The van der Waals surface area contributed by atoms with Crippen LogP contribution in [-0.4, -0.2) is 32.0 Å². The van der Waals surface area contributed by atoms with Gasteiger partial charge in [-0.05, 0) is 36.2 Å². The van der Waals surface area contributed by atoms with Crippen LogP contribution in [0.2, 0.25) is 0 Å². The molecule has 0 spiro atoms. The average Bonchev–Trinajstić information content (AvgIpc) is 3.18. The van der Waals surface area contributed by atoms with E-state index in [1.807, 2.05) is 42.5 Å². The summed E-state index contributed by atoms with van der Waals surface area (Å²) in [5.41, 5.74) is 1.90. The van der Waals surface area contributed by atoms with Crippen LogP contribution < -0.4 is 22.0 Å². The van der Waals surface area contributed by atoms with Crippen molar-refractivity contribution in [3.8, 4) is 5.75 Å². The second kappa shape index (κ2) is 10.3. The second-order valence-electron chi connectivity index (χ2n) is 6.86. The van der Waals surface area contributed by atoms with E-state index >= 15 is 0 Å². The zero-order valence-corrected chi connectivity index (χ0v) is 16.2. The van der Waals surface area contributed by atoms with E-state index in [0.29, 0.717) is 6.61 Å². The zero-order valence-electron chi connectivity index (χ0n) is 15.4. The minimum Gasteiger partial charge on any atom is -1.00 e. The molecule has 1 fully saturated rings. The van der Waals surface area contributed by atoms with Gasteiger partial charge in [0.15, 0.2) is 5.78 Å². The number of ketones is 1. The van der Waals surface area contributed by atoms with Gasteiger partial charge in [0.2, 0.25) is 0 Å². The lowest BCUT2D eigenvalue weighted by atomic mass is 9.90. The van der Waals surface area contributed by atoms with Crippen molar-refractivity contribution in [3.63, 3.8) is 0 Å². The normalized spacial score (nSPS) is 15.3. The first-order chi connectivity index (χ1) is 12.3. The summed E-state index contributed by atoms with van der Waals surface area (Å²) in [6, 6.07) is 17.8. The van der Waals surface area contributed by atoms with Gasteiger partial charge in [-0.1, -0.05) is 37.3 Å².